The van der Waals surface area contributed by atoms with Crippen LogP contribution in [0.2, 0.25) is 0 Å². The molecular formula is C19H18FN5O2. The van der Waals surface area contributed by atoms with Crippen LogP contribution >= 0.6 is 0 Å². The molecule has 138 valence electrons. The predicted octanol–water partition coefficient (Wildman–Crippen LogP) is 2.74. The smallest absolute Gasteiger partial charge is 0.283 e. The maximum Gasteiger partial charge on any atom is 0.283 e. The van der Waals surface area contributed by atoms with Gasteiger partial charge in [-0.15, -0.1) is 0 Å². The highest BCUT2D eigenvalue weighted by molar-refractivity contribution is 5.91. The summed E-state index contributed by atoms with van der Waals surface area (Å²) in [5.74, 6) is 1.15. The SMILES string of the molecule is Cc1nc2c(=O)n(-c3ccc(OCF)cc3)cc(-c3cnn(C)c3)c2n1C. The highest BCUT2D eigenvalue weighted by Crippen LogP contribution is 2.28. The molecule has 0 bridgehead atoms. The lowest BCUT2D eigenvalue weighted by molar-refractivity contribution is 0.192. The molecule has 4 rings (SSSR count). The summed E-state index contributed by atoms with van der Waals surface area (Å²) < 4.78 is 22.3. The van der Waals surface area contributed by atoms with Crippen LogP contribution in [0.4, 0.5) is 4.39 Å². The third-order valence-corrected chi connectivity index (χ3v) is 4.61. The molecule has 1 aromatic carbocycles. The van der Waals surface area contributed by atoms with Crippen molar-refractivity contribution < 1.29 is 9.13 Å². The average molecular weight is 367 g/mol. The second kappa shape index (κ2) is 6.39. The largest absolute Gasteiger partial charge is 0.463 e. The predicted molar refractivity (Wildman–Crippen MR) is 99.9 cm³/mol. The Balaban J connectivity index is 1.99. The molecule has 0 saturated heterocycles. The van der Waals surface area contributed by atoms with Crippen LogP contribution in [0, 0.1) is 6.92 Å². The first-order valence-corrected chi connectivity index (χ1v) is 8.36. The molecular weight excluding hydrogens is 349 g/mol. The summed E-state index contributed by atoms with van der Waals surface area (Å²) in [5.41, 5.74) is 3.31. The molecule has 0 radical (unpaired) electrons. The second-order valence-electron chi connectivity index (χ2n) is 6.28. The Bertz CT molecular complexity index is 1190. The number of hydrogen-bond donors (Lipinski definition) is 0. The average Bonchev–Trinajstić information content (AvgIpc) is 3.21. The van der Waals surface area contributed by atoms with Gasteiger partial charge in [-0.2, -0.15) is 5.10 Å². The molecule has 27 heavy (non-hydrogen) atoms. The van der Waals surface area contributed by atoms with Crippen molar-refractivity contribution in [1.82, 2.24) is 23.9 Å². The van der Waals surface area contributed by atoms with E-state index < -0.39 is 6.86 Å². The molecule has 3 heterocycles. The van der Waals surface area contributed by atoms with Gasteiger partial charge in [-0.1, -0.05) is 0 Å². The first-order valence-electron chi connectivity index (χ1n) is 8.36. The molecule has 0 aliphatic carbocycles. The minimum atomic E-state index is -0.899. The van der Waals surface area contributed by atoms with E-state index in [1.165, 1.54) is 4.57 Å². The minimum Gasteiger partial charge on any atom is -0.463 e. The van der Waals surface area contributed by atoms with E-state index in [-0.39, 0.29) is 5.56 Å². The first-order chi connectivity index (χ1) is 13.0. The van der Waals surface area contributed by atoms with E-state index in [0.717, 1.165) is 22.5 Å². The number of hydrogen-bond acceptors (Lipinski definition) is 4. The number of rotatable bonds is 4. The molecule has 0 N–H and O–H groups in total. The lowest BCUT2D eigenvalue weighted by Gasteiger charge is -2.11. The lowest BCUT2D eigenvalue weighted by Crippen LogP contribution is -2.19. The van der Waals surface area contributed by atoms with Crippen molar-refractivity contribution in [3.8, 4) is 22.6 Å². The number of benzene rings is 1. The molecule has 0 amide bonds. The molecule has 3 aromatic heterocycles. The molecule has 0 saturated carbocycles. The Labute approximate surface area is 154 Å². The van der Waals surface area contributed by atoms with Crippen LogP contribution in [0.3, 0.4) is 0 Å². The Kier molecular flexibility index (Phi) is 4.02. The van der Waals surface area contributed by atoms with Crippen molar-refractivity contribution in [2.24, 2.45) is 14.1 Å². The molecule has 7 nitrogen and oxygen atoms in total. The van der Waals surface area contributed by atoms with E-state index in [1.807, 2.05) is 31.8 Å². The zero-order chi connectivity index (χ0) is 19.1. The van der Waals surface area contributed by atoms with Crippen LogP contribution in [-0.4, -0.2) is 30.8 Å². The number of halogens is 1. The second-order valence-corrected chi connectivity index (χ2v) is 6.28. The fourth-order valence-electron chi connectivity index (χ4n) is 3.16. The van der Waals surface area contributed by atoms with Gasteiger partial charge in [0.05, 0.1) is 11.7 Å². The normalized spacial score (nSPS) is 11.3. The summed E-state index contributed by atoms with van der Waals surface area (Å²) >= 11 is 0. The van der Waals surface area contributed by atoms with Crippen molar-refractivity contribution in [2.75, 3.05) is 6.86 Å². The highest BCUT2D eigenvalue weighted by Gasteiger charge is 2.18. The number of alkyl halides is 1. The highest BCUT2D eigenvalue weighted by atomic mass is 19.1. The minimum absolute atomic E-state index is 0.222. The molecule has 8 heteroatoms. The zero-order valence-corrected chi connectivity index (χ0v) is 15.2. The van der Waals surface area contributed by atoms with Crippen molar-refractivity contribution >= 4 is 11.0 Å². The fourth-order valence-corrected chi connectivity index (χ4v) is 3.16. The van der Waals surface area contributed by atoms with Gasteiger partial charge in [0.1, 0.15) is 11.6 Å². The van der Waals surface area contributed by atoms with Gasteiger partial charge in [-0.25, -0.2) is 9.37 Å². The van der Waals surface area contributed by atoms with Gasteiger partial charge in [-0.3, -0.25) is 14.0 Å². The summed E-state index contributed by atoms with van der Waals surface area (Å²) in [6, 6.07) is 6.67. The number of pyridine rings is 1. The number of imidazole rings is 1. The Morgan fingerprint density at radius 2 is 1.89 bits per heavy atom. The van der Waals surface area contributed by atoms with Crippen molar-refractivity contribution in [3.63, 3.8) is 0 Å². The monoisotopic (exact) mass is 367 g/mol. The van der Waals surface area contributed by atoms with Gasteiger partial charge in [-0.05, 0) is 31.2 Å². The standard InChI is InChI=1S/C19H18FN5O2/c1-12-22-17-18(24(12)3)16(13-8-21-23(2)9-13)10-25(19(17)26)14-4-6-15(7-5-14)27-11-20/h4-10H,11H2,1-3H3. The van der Waals surface area contributed by atoms with Crippen molar-refractivity contribution in [2.45, 2.75) is 6.92 Å². The van der Waals surface area contributed by atoms with E-state index in [4.69, 9.17) is 4.74 Å². The van der Waals surface area contributed by atoms with Crippen LogP contribution < -0.4 is 10.3 Å². The summed E-state index contributed by atoms with van der Waals surface area (Å²) in [6.45, 7) is 0.962. The van der Waals surface area contributed by atoms with E-state index in [0.29, 0.717) is 17.0 Å². The lowest BCUT2D eigenvalue weighted by atomic mass is 10.1. The first kappa shape index (κ1) is 17.0. The van der Waals surface area contributed by atoms with E-state index in [2.05, 4.69) is 10.1 Å². The molecule has 0 atom stereocenters. The van der Waals surface area contributed by atoms with Gasteiger partial charge in [0.15, 0.2) is 5.52 Å². The summed E-state index contributed by atoms with van der Waals surface area (Å²) in [6.07, 6.45) is 5.43. The fraction of sp³-hybridized carbons (Fsp3) is 0.211. The van der Waals surface area contributed by atoms with Gasteiger partial charge in [0, 0.05) is 43.3 Å². The zero-order valence-electron chi connectivity index (χ0n) is 15.2. The number of aromatic nitrogens is 5. The topological polar surface area (TPSA) is 66.9 Å². The van der Waals surface area contributed by atoms with Crippen molar-refractivity contribution in [1.29, 1.82) is 0 Å². The number of fused-ring (bicyclic) bond motifs is 1. The molecule has 4 aromatic rings. The Morgan fingerprint density at radius 3 is 2.52 bits per heavy atom. The summed E-state index contributed by atoms with van der Waals surface area (Å²) in [7, 11) is 3.73. The molecule has 0 unspecified atom stereocenters. The van der Waals surface area contributed by atoms with E-state index >= 15 is 0 Å². The van der Waals surface area contributed by atoms with Crippen LogP contribution in [-0.2, 0) is 14.1 Å². The van der Waals surface area contributed by atoms with Crippen LogP contribution in [0.1, 0.15) is 5.82 Å². The molecule has 0 spiro atoms. The Hall–Kier alpha value is -3.42. The molecule has 0 fully saturated rings. The summed E-state index contributed by atoms with van der Waals surface area (Å²) in [4.78, 5) is 17.5. The quantitative estimate of drug-likeness (QED) is 0.556. The van der Waals surface area contributed by atoms with E-state index in [9.17, 15) is 9.18 Å². The van der Waals surface area contributed by atoms with Crippen LogP contribution in [0.15, 0.2) is 47.7 Å². The van der Waals surface area contributed by atoms with Gasteiger partial charge >= 0.3 is 0 Å². The van der Waals surface area contributed by atoms with E-state index in [1.54, 1.807) is 41.3 Å². The summed E-state index contributed by atoms with van der Waals surface area (Å²) in [5, 5.41) is 4.24. The molecule has 0 aliphatic rings. The van der Waals surface area contributed by atoms with Crippen LogP contribution in [0.5, 0.6) is 5.75 Å². The van der Waals surface area contributed by atoms with Crippen molar-refractivity contribution in [3.05, 3.63) is 59.0 Å². The maximum absolute atomic E-state index is 13.1. The van der Waals surface area contributed by atoms with Crippen LogP contribution in [0.25, 0.3) is 27.8 Å². The molecule has 0 aliphatic heterocycles. The third kappa shape index (κ3) is 2.79. The van der Waals surface area contributed by atoms with Gasteiger partial charge in [0.25, 0.3) is 5.56 Å². The number of nitrogens with zero attached hydrogens (tertiary/aromatic N) is 5. The van der Waals surface area contributed by atoms with Gasteiger partial charge in [0.2, 0.25) is 6.86 Å². The Morgan fingerprint density at radius 1 is 1.15 bits per heavy atom. The maximum atomic E-state index is 13.1. The number of aryl methyl sites for hydroxylation is 3. The van der Waals surface area contributed by atoms with Gasteiger partial charge < -0.3 is 9.30 Å². The number of ether oxygens (including phenoxy) is 1. The third-order valence-electron chi connectivity index (χ3n) is 4.61.